The van der Waals surface area contributed by atoms with Crippen LogP contribution in [0.15, 0.2) is 12.1 Å². The summed E-state index contributed by atoms with van der Waals surface area (Å²) < 4.78 is 2.01. The quantitative estimate of drug-likeness (QED) is 0.885. The van der Waals surface area contributed by atoms with Crippen LogP contribution in [0.5, 0.6) is 0 Å². The van der Waals surface area contributed by atoms with Gasteiger partial charge in [-0.15, -0.1) is 0 Å². The van der Waals surface area contributed by atoms with E-state index in [0.29, 0.717) is 5.95 Å². The Kier molecular flexibility index (Phi) is 4.77. The van der Waals surface area contributed by atoms with Crippen LogP contribution in [0.4, 0.5) is 17.6 Å². The third-order valence-electron chi connectivity index (χ3n) is 3.20. The van der Waals surface area contributed by atoms with Crippen molar-refractivity contribution in [3.05, 3.63) is 23.5 Å². The number of rotatable bonds is 6. The van der Waals surface area contributed by atoms with E-state index >= 15 is 0 Å². The highest BCUT2D eigenvalue weighted by Crippen LogP contribution is 2.18. The van der Waals surface area contributed by atoms with Crippen molar-refractivity contribution in [2.75, 3.05) is 24.3 Å². The van der Waals surface area contributed by atoms with Crippen molar-refractivity contribution in [2.24, 2.45) is 0 Å². The van der Waals surface area contributed by atoms with E-state index in [1.54, 1.807) is 0 Å². The average molecular weight is 288 g/mol. The fourth-order valence-corrected chi connectivity index (χ4v) is 2.07. The monoisotopic (exact) mass is 288 g/mol. The Labute approximate surface area is 126 Å². The van der Waals surface area contributed by atoms with Crippen LogP contribution in [0.3, 0.4) is 0 Å². The van der Waals surface area contributed by atoms with Gasteiger partial charge in [0.2, 0.25) is 5.95 Å². The SMILES string of the molecule is CCCn1nc(Nc2cc(CC)nc(N(C)C)n2)cc1C. The number of nitrogens with one attached hydrogen (secondary N) is 1. The zero-order valence-electron chi connectivity index (χ0n) is 13.5. The summed E-state index contributed by atoms with van der Waals surface area (Å²) in [6.45, 7) is 7.23. The second-order valence-corrected chi connectivity index (χ2v) is 5.31. The molecule has 0 atom stereocenters. The van der Waals surface area contributed by atoms with E-state index in [0.717, 1.165) is 42.4 Å². The van der Waals surface area contributed by atoms with Crippen molar-refractivity contribution < 1.29 is 0 Å². The van der Waals surface area contributed by atoms with Crippen LogP contribution >= 0.6 is 0 Å². The maximum atomic E-state index is 4.56. The lowest BCUT2D eigenvalue weighted by Gasteiger charge is -2.13. The molecule has 0 unspecified atom stereocenters. The second-order valence-electron chi connectivity index (χ2n) is 5.31. The van der Waals surface area contributed by atoms with E-state index < -0.39 is 0 Å². The molecule has 2 heterocycles. The van der Waals surface area contributed by atoms with Gasteiger partial charge in [-0.2, -0.15) is 10.1 Å². The van der Waals surface area contributed by atoms with Gasteiger partial charge in [-0.05, 0) is 19.8 Å². The summed E-state index contributed by atoms with van der Waals surface area (Å²) in [5, 5.41) is 7.84. The lowest BCUT2D eigenvalue weighted by molar-refractivity contribution is 0.589. The van der Waals surface area contributed by atoms with Gasteiger partial charge in [0, 0.05) is 44.2 Å². The minimum Gasteiger partial charge on any atom is -0.347 e. The highest BCUT2D eigenvalue weighted by molar-refractivity contribution is 5.54. The number of hydrogen-bond donors (Lipinski definition) is 1. The normalized spacial score (nSPS) is 10.7. The predicted octanol–water partition coefficient (Wildman–Crippen LogP) is 2.76. The summed E-state index contributed by atoms with van der Waals surface area (Å²) in [5.74, 6) is 2.32. The summed E-state index contributed by atoms with van der Waals surface area (Å²) in [6.07, 6.45) is 1.95. The number of nitrogens with zero attached hydrogens (tertiary/aromatic N) is 5. The van der Waals surface area contributed by atoms with Crippen molar-refractivity contribution in [3.8, 4) is 0 Å². The van der Waals surface area contributed by atoms with E-state index in [1.165, 1.54) is 0 Å². The molecule has 21 heavy (non-hydrogen) atoms. The first kappa shape index (κ1) is 15.3. The Hall–Kier alpha value is -2.11. The van der Waals surface area contributed by atoms with E-state index in [4.69, 9.17) is 0 Å². The van der Waals surface area contributed by atoms with Gasteiger partial charge in [0.25, 0.3) is 0 Å². The smallest absolute Gasteiger partial charge is 0.227 e. The van der Waals surface area contributed by atoms with Crippen molar-refractivity contribution >= 4 is 17.6 Å². The standard InChI is InChI=1S/C15H24N6/c1-6-8-21-11(3)9-14(19-21)17-13-10-12(7-2)16-15(18-13)20(4)5/h9-10H,6-8H2,1-5H3,(H,16,17,18,19). The Balaban J connectivity index is 2.26. The molecule has 2 aromatic heterocycles. The molecule has 0 saturated heterocycles. The molecule has 2 aromatic rings. The molecule has 6 nitrogen and oxygen atoms in total. The van der Waals surface area contributed by atoms with Crippen molar-refractivity contribution in [3.63, 3.8) is 0 Å². The summed E-state index contributed by atoms with van der Waals surface area (Å²) >= 11 is 0. The summed E-state index contributed by atoms with van der Waals surface area (Å²) in [4.78, 5) is 10.9. The molecule has 0 radical (unpaired) electrons. The largest absolute Gasteiger partial charge is 0.347 e. The number of anilines is 3. The molecule has 0 aromatic carbocycles. The van der Waals surface area contributed by atoms with E-state index in [1.807, 2.05) is 35.8 Å². The van der Waals surface area contributed by atoms with Gasteiger partial charge in [0.05, 0.1) is 0 Å². The first-order chi connectivity index (χ1) is 10.0. The molecular weight excluding hydrogens is 264 g/mol. The molecule has 0 bridgehead atoms. The molecule has 0 aliphatic carbocycles. The predicted molar refractivity (Wildman–Crippen MR) is 86.3 cm³/mol. The average Bonchev–Trinajstić information content (AvgIpc) is 2.78. The minimum absolute atomic E-state index is 0.710. The molecule has 0 amide bonds. The Morgan fingerprint density at radius 2 is 1.90 bits per heavy atom. The van der Waals surface area contributed by atoms with Gasteiger partial charge in [-0.3, -0.25) is 4.68 Å². The molecule has 0 fully saturated rings. The Morgan fingerprint density at radius 1 is 1.14 bits per heavy atom. The molecular formula is C15H24N6. The molecule has 0 spiro atoms. The first-order valence-corrected chi connectivity index (χ1v) is 7.40. The molecule has 1 N–H and O–H groups in total. The maximum absolute atomic E-state index is 4.56. The van der Waals surface area contributed by atoms with Crippen LogP contribution in [0.25, 0.3) is 0 Å². The third kappa shape index (κ3) is 3.71. The van der Waals surface area contributed by atoms with E-state index in [-0.39, 0.29) is 0 Å². The first-order valence-electron chi connectivity index (χ1n) is 7.40. The zero-order valence-corrected chi connectivity index (χ0v) is 13.5. The van der Waals surface area contributed by atoms with Gasteiger partial charge in [0.1, 0.15) is 5.82 Å². The van der Waals surface area contributed by atoms with Crippen LogP contribution < -0.4 is 10.2 Å². The third-order valence-corrected chi connectivity index (χ3v) is 3.20. The van der Waals surface area contributed by atoms with Gasteiger partial charge < -0.3 is 10.2 Å². The fourth-order valence-electron chi connectivity index (χ4n) is 2.07. The molecule has 0 aliphatic rings. The van der Waals surface area contributed by atoms with Crippen LogP contribution in [0.1, 0.15) is 31.7 Å². The number of hydrogen-bond acceptors (Lipinski definition) is 5. The van der Waals surface area contributed by atoms with Gasteiger partial charge in [0.15, 0.2) is 5.82 Å². The second kappa shape index (κ2) is 6.56. The van der Waals surface area contributed by atoms with E-state index in [9.17, 15) is 0 Å². The van der Waals surface area contributed by atoms with Gasteiger partial charge in [-0.1, -0.05) is 13.8 Å². The van der Waals surface area contributed by atoms with Crippen molar-refractivity contribution in [1.82, 2.24) is 19.7 Å². The number of aromatic nitrogens is 4. The van der Waals surface area contributed by atoms with E-state index in [2.05, 4.69) is 41.2 Å². The molecule has 114 valence electrons. The van der Waals surface area contributed by atoms with Crippen LogP contribution in [0, 0.1) is 6.92 Å². The molecule has 6 heteroatoms. The fraction of sp³-hybridized carbons (Fsp3) is 0.533. The van der Waals surface area contributed by atoms with Crippen LogP contribution in [-0.2, 0) is 13.0 Å². The highest BCUT2D eigenvalue weighted by atomic mass is 15.3. The lowest BCUT2D eigenvalue weighted by atomic mass is 10.3. The molecule has 0 aliphatic heterocycles. The minimum atomic E-state index is 0.710. The van der Waals surface area contributed by atoms with Crippen molar-refractivity contribution in [1.29, 1.82) is 0 Å². The van der Waals surface area contributed by atoms with Crippen LogP contribution in [-0.4, -0.2) is 33.8 Å². The lowest BCUT2D eigenvalue weighted by Crippen LogP contribution is -2.14. The molecule has 0 saturated carbocycles. The molecule has 2 rings (SSSR count). The van der Waals surface area contributed by atoms with Crippen molar-refractivity contribution in [2.45, 2.75) is 40.2 Å². The van der Waals surface area contributed by atoms with Crippen LogP contribution in [0.2, 0.25) is 0 Å². The number of aryl methyl sites for hydroxylation is 3. The summed E-state index contributed by atoms with van der Waals surface area (Å²) in [6, 6.07) is 4.01. The van der Waals surface area contributed by atoms with Gasteiger partial charge >= 0.3 is 0 Å². The zero-order chi connectivity index (χ0) is 15.4. The highest BCUT2D eigenvalue weighted by Gasteiger charge is 2.08. The Bertz CT molecular complexity index is 602. The Morgan fingerprint density at radius 3 is 2.52 bits per heavy atom. The summed E-state index contributed by atoms with van der Waals surface area (Å²) in [7, 11) is 3.89. The topological polar surface area (TPSA) is 58.9 Å². The maximum Gasteiger partial charge on any atom is 0.227 e. The van der Waals surface area contributed by atoms with Gasteiger partial charge in [-0.25, -0.2) is 4.98 Å². The summed E-state index contributed by atoms with van der Waals surface area (Å²) in [5.41, 5.74) is 2.16.